The molecule has 0 atom stereocenters. The summed E-state index contributed by atoms with van der Waals surface area (Å²) in [5.41, 5.74) is 5.09. The van der Waals surface area contributed by atoms with Crippen molar-refractivity contribution in [3.63, 3.8) is 0 Å². The summed E-state index contributed by atoms with van der Waals surface area (Å²) in [7, 11) is 0. The van der Waals surface area contributed by atoms with E-state index in [2.05, 4.69) is 46.6 Å². The molecule has 1 rings (SSSR count). The molecule has 0 aliphatic heterocycles. The lowest BCUT2D eigenvalue weighted by Crippen LogP contribution is -2.04. The van der Waals surface area contributed by atoms with Crippen molar-refractivity contribution >= 4 is 0 Å². The number of hydrogen-bond acceptors (Lipinski definition) is 1. The summed E-state index contributed by atoms with van der Waals surface area (Å²) in [6, 6.07) is 2.17. The maximum Gasteiger partial charge on any atom is 0.148 e. The van der Waals surface area contributed by atoms with Crippen molar-refractivity contribution < 1.29 is 4.74 Å². The van der Waals surface area contributed by atoms with Crippen LogP contribution in [0.5, 0.6) is 5.75 Å². The van der Waals surface area contributed by atoms with Crippen molar-refractivity contribution in [1.82, 2.24) is 0 Å². The molecule has 1 aromatic carbocycles. The highest BCUT2D eigenvalue weighted by atomic mass is 16.5. The maximum atomic E-state index is 5.63. The molecule has 86 valence electrons. The fourth-order valence-corrected chi connectivity index (χ4v) is 2.41. The second-order valence-corrected chi connectivity index (χ2v) is 4.53. The zero-order valence-electron chi connectivity index (χ0n) is 10.8. The lowest BCUT2D eigenvalue weighted by Gasteiger charge is -2.19. The van der Waals surface area contributed by atoms with E-state index in [0.717, 1.165) is 11.3 Å². The molecule has 1 nitrogen and oxygen atoms in total. The van der Waals surface area contributed by atoms with Crippen molar-refractivity contribution in [2.75, 3.05) is 6.61 Å². The van der Waals surface area contributed by atoms with Crippen LogP contribution in [-0.2, 0) is 0 Å². The minimum atomic E-state index is 0.336. The number of hydrogen-bond donors (Lipinski definition) is 0. The van der Waals surface area contributed by atoms with Gasteiger partial charge in [0.05, 0.1) is 0 Å². The van der Waals surface area contributed by atoms with Gasteiger partial charge in [0.15, 0.2) is 0 Å². The van der Waals surface area contributed by atoms with Gasteiger partial charge in [0.25, 0.3) is 0 Å². The van der Waals surface area contributed by atoms with E-state index in [1.165, 1.54) is 16.7 Å². The molecular weight excluding hydrogens is 196 g/mol. The van der Waals surface area contributed by atoms with Crippen molar-refractivity contribution in [1.29, 1.82) is 0 Å². The monoisotopic (exact) mass is 216 g/mol. The summed E-state index contributed by atoms with van der Waals surface area (Å²) in [6.45, 7) is 11.1. The zero-order chi connectivity index (χ0) is 12.3. The van der Waals surface area contributed by atoms with Gasteiger partial charge in [0.2, 0.25) is 0 Å². The van der Waals surface area contributed by atoms with Crippen LogP contribution in [0.15, 0.2) is 6.07 Å². The van der Waals surface area contributed by atoms with Crippen molar-refractivity contribution in [3.8, 4) is 18.1 Å². The van der Waals surface area contributed by atoms with Crippen LogP contribution in [0.25, 0.3) is 0 Å². The molecule has 0 aromatic heterocycles. The number of aryl methyl sites for hydroxylation is 2. The zero-order valence-corrected chi connectivity index (χ0v) is 10.8. The predicted molar refractivity (Wildman–Crippen MR) is 69.1 cm³/mol. The number of benzene rings is 1. The van der Waals surface area contributed by atoms with Gasteiger partial charge in [0.1, 0.15) is 12.4 Å². The lowest BCUT2D eigenvalue weighted by molar-refractivity contribution is 0.364. The Morgan fingerprint density at radius 1 is 1.25 bits per heavy atom. The number of ether oxygens (including phenoxy) is 1. The maximum absolute atomic E-state index is 5.63. The molecule has 0 saturated carbocycles. The quantitative estimate of drug-likeness (QED) is 0.699. The van der Waals surface area contributed by atoms with Crippen LogP contribution >= 0.6 is 0 Å². The highest BCUT2D eigenvalue weighted by Gasteiger charge is 2.14. The third-order valence-electron chi connectivity index (χ3n) is 2.84. The predicted octanol–water partition coefficient (Wildman–Crippen LogP) is 3.75. The van der Waals surface area contributed by atoms with E-state index < -0.39 is 0 Å². The molecule has 0 bridgehead atoms. The van der Waals surface area contributed by atoms with Crippen LogP contribution in [0, 0.1) is 33.1 Å². The summed E-state index contributed by atoms with van der Waals surface area (Å²) >= 11 is 0. The minimum Gasteiger partial charge on any atom is -0.480 e. The lowest BCUT2D eigenvalue weighted by atomic mass is 9.91. The van der Waals surface area contributed by atoms with Gasteiger partial charge in [-0.25, -0.2) is 0 Å². The number of rotatable bonds is 3. The SMILES string of the molecule is C#CCOc1c(C)cc(C)c(C(C)C)c1C. The fourth-order valence-electron chi connectivity index (χ4n) is 2.41. The van der Waals surface area contributed by atoms with Crippen molar-refractivity contribution in [2.45, 2.75) is 40.5 Å². The molecule has 0 N–H and O–H groups in total. The first-order chi connectivity index (χ1) is 7.49. The molecule has 0 heterocycles. The van der Waals surface area contributed by atoms with Gasteiger partial charge in [-0.2, -0.15) is 0 Å². The van der Waals surface area contributed by atoms with Crippen LogP contribution in [0.3, 0.4) is 0 Å². The molecule has 0 aliphatic rings. The van der Waals surface area contributed by atoms with Gasteiger partial charge in [-0.15, -0.1) is 6.42 Å². The van der Waals surface area contributed by atoms with Crippen LogP contribution in [-0.4, -0.2) is 6.61 Å². The second-order valence-electron chi connectivity index (χ2n) is 4.53. The molecule has 0 spiro atoms. The Labute approximate surface area is 98.8 Å². The molecule has 0 saturated heterocycles. The third kappa shape index (κ3) is 2.39. The van der Waals surface area contributed by atoms with E-state index in [0.29, 0.717) is 12.5 Å². The van der Waals surface area contributed by atoms with Crippen molar-refractivity contribution in [3.05, 3.63) is 28.3 Å². The van der Waals surface area contributed by atoms with Crippen LogP contribution in [0.4, 0.5) is 0 Å². The molecule has 1 heteroatoms. The summed E-state index contributed by atoms with van der Waals surface area (Å²) < 4.78 is 5.63. The van der Waals surface area contributed by atoms with E-state index in [4.69, 9.17) is 11.2 Å². The summed E-state index contributed by atoms with van der Waals surface area (Å²) in [5.74, 6) is 3.97. The highest BCUT2D eigenvalue weighted by molar-refractivity contribution is 5.50. The smallest absolute Gasteiger partial charge is 0.148 e. The topological polar surface area (TPSA) is 9.23 Å². The Kier molecular flexibility index (Phi) is 4.01. The summed E-state index contributed by atoms with van der Waals surface area (Å²) in [6.07, 6.45) is 5.23. The first-order valence-corrected chi connectivity index (χ1v) is 5.66. The first kappa shape index (κ1) is 12.6. The summed E-state index contributed by atoms with van der Waals surface area (Å²) in [5, 5.41) is 0. The molecule has 0 radical (unpaired) electrons. The molecule has 1 aromatic rings. The molecule has 0 fully saturated rings. The fraction of sp³-hybridized carbons (Fsp3) is 0.467. The highest BCUT2D eigenvalue weighted by Crippen LogP contribution is 2.33. The molecule has 0 unspecified atom stereocenters. The van der Waals surface area contributed by atoms with E-state index in [-0.39, 0.29) is 0 Å². The average molecular weight is 216 g/mol. The van der Waals surface area contributed by atoms with Crippen LogP contribution in [0.2, 0.25) is 0 Å². The van der Waals surface area contributed by atoms with Crippen molar-refractivity contribution in [2.24, 2.45) is 0 Å². The second kappa shape index (κ2) is 5.07. The summed E-state index contributed by atoms with van der Waals surface area (Å²) in [4.78, 5) is 0. The normalized spacial score (nSPS) is 10.3. The van der Waals surface area contributed by atoms with Crippen LogP contribution < -0.4 is 4.74 Å². The minimum absolute atomic E-state index is 0.336. The number of terminal acetylenes is 1. The Morgan fingerprint density at radius 3 is 2.38 bits per heavy atom. The molecule has 16 heavy (non-hydrogen) atoms. The third-order valence-corrected chi connectivity index (χ3v) is 2.84. The van der Waals surface area contributed by atoms with E-state index in [9.17, 15) is 0 Å². The van der Waals surface area contributed by atoms with Gasteiger partial charge in [-0.1, -0.05) is 25.8 Å². The Balaban J connectivity index is 3.28. The van der Waals surface area contributed by atoms with Gasteiger partial charge >= 0.3 is 0 Å². The van der Waals surface area contributed by atoms with Gasteiger partial charge in [-0.05, 0) is 48.9 Å². The van der Waals surface area contributed by atoms with Gasteiger partial charge < -0.3 is 4.74 Å². The largest absolute Gasteiger partial charge is 0.480 e. The van der Waals surface area contributed by atoms with Gasteiger partial charge in [-0.3, -0.25) is 0 Å². The average Bonchev–Trinajstić information content (AvgIpc) is 2.16. The molecule has 0 amide bonds. The van der Waals surface area contributed by atoms with Crippen LogP contribution in [0.1, 0.15) is 42.0 Å². The molecular formula is C15H20O. The Bertz CT molecular complexity index is 422. The standard InChI is InChI=1S/C15H20O/c1-7-8-16-15-12(5)9-11(4)14(10(2)3)13(15)6/h1,9-10H,8H2,2-6H3. The Morgan fingerprint density at radius 2 is 1.88 bits per heavy atom. The Hall–Kier alpha value is -1.42. The van der Waals surface area contributed by atoms with Gasteiger partial charge in [0, 0.05) is 0 Å². The molecule has 0 aliphatic carbocycles. The van der Waals surface area contributed by atoms with E-state index >= 15 is 0 Å². The van der Waals surface area contributed by atoms with E-state index in [1.54, 1.807) is 0 Å². The first-order valence-electron chi connectivity index (χ1n) is 5.66. The van der Waals surface area contributed by atoms with E-state index in [1.807, 2.05) is 0 Å².